The summed E-state index contributed by atoms with van der Waals surface area (Å²) >= 11 is 0. The standard InChI is InChI=1S/C18H27NO/c1-13(2)11-12-19(15-8-9-15)17-10-7-14-5-3-4-6-16(14)18(17)20/h3-6,13,15,17-18,20H,7-12H2,1-2H3. The lowest BCUT2D eigenvalue weighted by atomic mass is 9.85. The third kappa shape index (κ3) is 2.91. The molecule has 0 aliphatic heterocycles. The zero-order valence-electron chi connectivity index (χ0n) is 12.8. The molecule has 2 atom stereocenters. The monoisotopic (exact) mass is 273 g/mol. The maximum atomic E-state index is 10.8. The van der Waals surface area contributed by atoms with Gasteiger partial charge in [-0.2, -0.15) is 0 Å². The van der Waals surface area contributed by atoms with Crippen molar-refractivity contribution < 1.29 is 5.11 Å². The summed E-state index contributed by atoms with van der Waals surface area (Å²) in [6, 6.07) is 9.49. The van der Waals surface area contributed by atoms with Crippen molar-refractivity contribution in [1.82, 2.24) is 4.90 Å². The fraction of sp³-hybridized carbons (Fsp3) is 0.667. The first-order chi connectivity index (χ1) is 9.66. The maximum absolute atomic E-state index is 10.8. The predicted molar refractivity (Wildman–Crippen MR) is 82.7 cm³/mol. The number of benzene rings is 1. The molecule has 1 aromatic carbocycles. The lowest BCUT2D eigenvalue weighted by Gasteiger charge is -2.39. The molecule has 0 radical (unpaired) electrons. The summed E-state index contributed by atoms with van der Waals surface area (Å²) in [5.74, 6) is 0.740. The van der Waals surface area contributed by atoms with E-state index in [-0.39, 0.29) is 6.10 Å². The fourth-order valence-electron chi connectivity index (χ4n) is 3.50. The van der Waals surface area contributed by atoms with Crippen LogP contribution in [0.25, 0.3) is 0 Å². The Kier molecular flexibility index (Phi) is 4.13. The third-order valence-corrected chi connectivity index (χ3v) is 4.85. The summed E-state index contributed by atoms with van der Waals surface area (Å²) in [6.45, 7) is 5.72. The van der Waals surface area contributed by atoms with Gasteiger partial charge in [-0.1, -0.05) is 38.1 Å². The average molecular weight is 273 g/mol. The molecule has 1 saturated carbocycles. The molecule has 0 bridgehead atoms. The Bertz CT molecular complexity index is 452. The second-order valence-corrected chi connectivity index (χ2v) is 6.90. The molecule has 2 aliphatic carbocycles. The van der Waals surface area contributed by atoms with Gasteiger partial charge in [-0.15, -0.1) is 0 Å². The molecule has 0 aromatic heterocycles. The van der Waals surface area contributed by atoms with Crippen molar-refractivity contribution >= 4 is 0 Å². The van der Waals surface area contributed by atoms with Gasteiger partial charge in [-0.25, -0.2) is 0 Å². The van der Waals surface area contributed by atoms with E-state index in [1.165, 1.54) is 30.4 Å². The van der Waals surface area contributed by atoms with Crippen LogP contribution in [0.1, 0.15) is 56.8 Å². The summed E-state index contributed by atoms with van der Waals surface area (Å²) in [4.78, 5) is 2.61. The summed E-state index contributed by atoms with van der Waals surface area (Å²) in [6.07, 6.45) is 5.80. The molecule has 110 valence electrons. The van der Waals surface area contributed by atoms with E-state index < -0.39 is 0 Å². The Balaban J connectivity index is 1.75. The van der Waals surface area contributed by atoms with Gasteiger partial charge in [0, 0.05) is 12.1 Å². The van der Waals surface area contributed by atoms with Gasteiger partial charge in [0.2, 0.25) is 0 Å². The van der Waals surface area contributed by atoms with Crippen molar-refractivity contribution in [3.63, 3.8) is 0 Å². The summed E-state index contributed by atoms with van der Waals surface area (Å²) < 4.78 is 0. The van der Waals surface area contributed by atoms with Crippen molar-refractivity contribution in [3.05, 3.63) is 35.4 Å². The number of hydrogen-bond acceptors (Lipinski definition) is 2. The first-order valence-electron chi connectivity index (χ1n) is 8.18. The highest BCUT2D eigenvalue weighted by Gasteiger charge is 2.39. The van der Waals surface area contributed by atoms with E-state index in [9.17, 15) is 5.11 Å². The van der Waals surface area contributed by atoms with Gasteiger partial charge < -0.3 is 5.11 Å². The van der Waals surface area contributed by atoms with Gasteiger partial charge in [0.1, 0.15) is 0 Å². The number of aliphatic hydroxyl groups is 1. The molecular formula is C18H27NO. The van der Waals surface area contributed by atoms with E-state index in [2.05, 4.69) is 43.0 Å². The van der Waals surface area contributed by atoms with E-state index in [0.717, 1.165) is 31.3 Å². The Labute approximate surface area is 122 Å². The third-order valence-electron chi connectivity index (χ3n) is 4.85. The van der Waals surface area contributed by atoms with E-state index in [1.807, 2.05) is 0 Å². The topological polar surface area (TPSA) is 23.5 Å². The van der Waals surface area contributed by atoms with E-state index in [4.69, 9.17) is 0 Å². The number of hydrogen-bond donors (Lipinski definition) is 1. The van der Waals surface area contributed by atoms with Crippen molar-refractivity contribution in [2.45, 2.75) is 64.1 Å². The van der Waals surface area contributed by atoms with Crippen molar-refractivity contribution in [2.75, 3.05) is 6.54 Å². The smallest absolute Gasteiger partial charge is 0.0948 e. The lowest BCUT2D eigenvalue weighted by Crippen LogP contribution is -2.44. The molecule has 2 nitrogen and oxygen atoms in total. The van der Waals surface area contributed by atoms with Crippen LogP contribution >= 0.6 is 0 Å². The average Bonchev–Trinajstić information content (AvgIpc) is 3.26. The molecule has 1 aromatic rings. The second-order valence-electron chi connectivity index (χ2n) is 6.90. The minimum Gasteiger partial charge on any atom is -0.387 e. The minimum atomic E-state index is -0.298. The maximum Gasteiger partial charge on any atom is 0.0948 e. The van der Waals surface area contributed by atoms with E-state index >= 15 is 0 Å². The van der Waals surface area contributed by atoms with Gasteiger partial charge in [0.05, 0.1) is 6.10 Å². The zero-order valence-corrected chi connectivity index (χ0v) is 12.8. The molecule has 0 saturated heterocycles. The van der Waals surface area contributed by atoms with Crippen LogP contribution in [0, 0.1) is 5.92 Å². The SMILES string of the molecule is CC(C)CCN(C1CC1)C1CCc2ccccc2C1O. The largest absolute Gasteiger partial charge is 0.387 e. The summed E-state index contributed by atoms with van der Waals surface area (Å²) in [5, 5.41) is 10.8. The van der Waals surface area contributed by atoms with Crippen LogP contribution in [0.3, 0.4) is 0 Å². The zero-order chi connectivity index (χ0) is 14.1. The number of aryl methyl sites for hydroxylation is 1. The molecule has 1 N–H and O–H groups in total. The van der Waals surface area contributed by atoms with Crippen LogP contribution in [0.15, 0.2) is 24.3 Å². The van der Waals surface area contributed by atoms with Gasteiger partial charge in [-0.3, -0.25) is 4.90 Å². The molecule has 1 fully saturated rings. The van der Waals surface area contributed by atoms with Gasteiger partial charge in [0.15, 0.2) is 0 Å². The van der Waals surface area contributed by atoms with Gasteiger partial charge in [-0.05, 0) is 55.7 Å². The number of aliphatic hydroxyl groups excluding tert-OH is 1. The van der Waals surface area contributed by atoms with Crippen LogP contribution in [-0.2, 0) is 6.42 Å². The normalized spacial score (nSPS) is 26.1. The van der Waals surface area contributed by atoms with Crippen LogP contribution in [0.2, 0.25) is 0 Å². The van der Waals surface area contributed by atoms with E-state index in [1.54, 1.807) is 0 Å². The Morgan fingerprint density at radius 2 is 1.95 bits per heavy atom. The molecule has 20 heavy (non-hydrogen) atoms. The van der Waals surface area contributed by atoms with Crippen LogP contribution < -0.4 is 0 Å². The lowest BCUT2D eigenvalue weighted by molar-refractivity contribution is 0.0287. The summed E-state index contributed by atoms with van der Waals surface area (Å²) in [5.41, 5.74) is 2.51. The molecule has 3 rings (SSSR count). The molecule has 0 amide bonds. The molecule has 2 aliphatic rings. The first-order valence-corrected chi connectivity index (χ1v) is 8.18. The first kappa shape index (κ1) is 14.1. The van der Waals surface area contributed by atoms with Crippen LogP contribution in [-0.4, -0.2) is 28.6 Å². The Hall–Kier alpha value is -0.860. The highest BCUT2D eigenvalue weighted by Crippen LogP contribution is 2.38. The summed E-state index contributed by atoms with van der Waals surface area (Å²) in [7, 11) is 0. The minimum absolute atomic E-state index is 0.298. The molecule has 0 heterocycles. The highest BCUT2D eigenvalue weighted by atomic mass is 16.3. The second kappa shape index (κ2) is 5.87. The van der Waals surface area contributed by atoms with Crippen molar-refractivity contribution in [2.24, 2.45) is 5.92 Å². The Morgan fingerprint density at radius 1 is 1.20 bits per heavy atom. The van der Waals surface area contributed by atoms with Crippen molar-refractivity contribution in [1.29, 1.82) is 0 Å². The van der Waals surface area contributed by atoms with Crippen LogP contribution in [0.4, 0.5) is 0 Å². The molecule has 0 spiro atoms. The number of rotatable bonds is 5. The number of nitrogens with zero attached hydrogens (tertiary/aromatic N) is 1. The van der Waals surface area contributed by atoms with Crippen molar-refractivity contribution in [3.8, 4) is 0 Å². The highest BCUT2D eigenvalue weighted by molar-refractivity contribution is 5.32. The molecule has 2 unspecified atom stereocenters. The Morgan fingerprint density at radius 3 is 2.65 bits per heavy atom. The number of fused-ring (bicyclic) bond motifs is 1. The molecule has 2 heteroatoms. The fourth-order valence-corrected chi connectivity index (χ4v) is 3.50. The quantitative estimate of drug-likeness (QED) is 0.887. The van der Waals surface area contributed by atoms with Gasteiger partial charge >= 0.3 is 0 Å². The van der Waals surface area contributed by atoms with E-state index in [0.29, 0.717) is 6.04 Å². The molecular weight excluding hydrogens is 246 g/mol. The predicted octanol–water partition coefficient (Wildman–Crippen LogP) is 3.55. The van der Waals surface area contributed by atoms with Crippen LogP contribution in [0.5, 0.6) is 0 Å². The van der Waals surface area contributed by atoms with Gasteiger partial charge in [0.25, 0.3) is 0 Å².